The molecule has 0 atom stereocenters. The molecule has 1 aromatic heterocycles. The predicted octanol–water partition coefficient (Wildman–Crippen LogP) is 6.45. The number of fused-ring (bicyclic) bond motifs is 1. The van der Waals surface area contributed by atoms with Crippen LogP contribution in [-0.2, 0) is 11.3 Å². The molecule has 0 spiro atoms. The van der Waals surface area contributed by atoms with Crippen molar-refractivity contribution in [2.24, 2.45) is 0 Å². The molecule has 4 nitrogen and oxygen atoms in total. The minimum atomic E-state index is -0.490. The van der Waals surface area contributed by atoms with Crippen LogP contribution in [0.1, 0.15) is 16.8 Å². The van der Waals surface area contributed by atoms with Crippen LogP contribution in [0.5, 0.6) is 0 Å². The highest BCUT2D eigenvalue weighted by Gasteiger charge is 2.17. The number of amides is 1. The van der Waals surface area contributed by atoms with E-state index >= 15 is 0 Å². The Balaban J connectivity index is 1.76. The van der Waals surface area contributed by atoms with Gasteiger partial charge in [-0.05, 0) is 43.3 Å². The van der Waals surface area contributed by atoms with E-state index in [0.29, 0.717) is 17.8 Å². The Hall–Kier alpha value is -3.69. The number of anilines is 1. The minimum absolute atomic E-state index is 0.0122. The van der Waals surface area contributed by atoms with E-state index in [2.05, 4.69) is 21.2 Å². The van der Waals surface area contributed by atoms with E-state index in [1.54, 1.807) is 42.5 Å². The normalized spacial score (nSPS) is 11.4. The number of carbonyl (C=O) groups excluding carboxylic acids is 1. The summed E-state index contributed by atoms with van der Waals surface area (Å²) < 4.78 is 17.1. The van der Waals surface area contributed by atoms with Crippen LogP contribution in [-0.4, -0.2) is 10.5 Å². The van der Waals surface area contributed by atoms with Gasteiger partial charge in [-0.15, -0.1) is 0 Å². The van der Waals surface area contributed by atoms with Crippen molar-refractivity contribution in [3.05, 3.63) is 105 Å². The Kier molecular flexibility index (Phi) is 6.20. The number of aromatic nitrogens is 1. The summed E-state index contributed by atoms with van der Waals surface area (Å²) in [7, 11) is 0. The van der Waals surface area contributed by atoms with Crippen molar-refractivity contribution < 1.29 is 9.18 Å². The maximum atomic E-state index is 14.3. The van der Waals surface area contributed by atoms with Crippen molar-refractivity contribution in [1.29, 1.82) is 5.26 Å². The second-order valence-corrected chi connectivity index (χ2v) is 8.24. The molecule has 158 valence electrons. The highest BCUT2D eigenvalue weighted by molar-refractivity contribution is 9.10. The Bertz CT molecular complexity index is 1400. The Morgan fingerprint density at radius 1 is 1.12 bits per heavy atom. The fourth-order valence-electron chi connectivity index (χ4n) is 3.70. The zero-order chi connectivity index (χ0) is 22.7. The number of hydrogen-bond donors (Lipinski definition) is 1. The number of para-hydroxylation sites is 1. The van der Waals surface area contributed by atoms with Crippen molar-refractivity contribution >= 4 is 44.5 Å². The molecule has 32 heavy (non-hydrogen) atoms. The van der Waals surface area contributed by atoms with Crippen LogP contribution < -0.4 is 5.32 Å². The van der Waals surface area contributed by atoms with E-state index in [1.807, 2.05) is 47.9 Å². The highest BCUT2D eigenvalue weighted by atomic mass is 79.9. The van der Waals surface area contributed by atoms with Gasteiger partial charge in [0.05, 0.1) is 6.54 Å². The first kappa shape index (κ1) is 21.5. The lowest BCUT2D eigenvalue weighted by molar-refractivity contribution is -0.112. The van der Waals surface area contributed by atoms with Crippen molar-refractivity contribution in [3.8, 4) is 6.07 Å². The average molecular weight is 488 g/mol. The molecular weight excluding hydrogens is 469 g/mol. The van der Waals surface area contributed by atoms with Gasteiger partial charge >= 0.3 is 0 Å². The summed E-state index contributed by atoms with van der Waals surface area (Å²) in [6.07, 6.45) is 1.60. The van der Waals surface area contributed by atoms with Gasteiger partial charge in [-0.2, -0.15) is 5.26 Å². The van der Waals surface area contributed by atoms with E-state index in [-0.39, 0.29) is 11.4 Å². The summed E-state index contributed by atoms with van der Waals surface area (Å²) in [6.45, 7) is 2.26. The zero-order valence-corrected chi connectivity index (χ0v) is 18.9. The molecule has 1 amide bonds. The topological polar surface area (TPSA) is 57.8 Å². The first-order valence-electron chi connectivity index (χ1n) is 9.98. The molecule has 0 aliphatic heterocycles. The number of nitrogens with one attached hydrogen (secondary N) is 1. The lowest BCUT2D eigenvalue weighted by Crippen LogP contribution is -2.13. The molecule has 4 rings (SSSR count). The Morgan fingerprint density at radius 3 is 2.62 bits per heavy atom. The summed E-state index contributed by atoms with van der Waals surface area (Å²) in [6, 6.07) is 23.6. The molecule has 1 N–H and O–H groups in total. The van der Waals surface area contributed by atoms with Gasteiger partial charge in [-0.1, -0.05) is 58.4 Å². The predicted molar refractivity (Wildman–Crippen MR) is 129 cm³/mol. The quantitative estimate of drug-likeness (QED) is 0.260. The molecule has 6 heteroatoms. The van der Waals surface area contributed by atoms with Crippen LogP contribution in [0.4, 0.5) is 10.1 Å². The molecule has 1 heterocycles. The molecular formula is C26H19BrFN3O. The first-order chi connectivity index (χ1) is 15.5. The van der Waals surface area contributed by atoms with E-state index in [0.717, 1.165) is 26.6 Å². The average Bonchev–Trinajstić information content (AvgIpc) is 3.04. The summed E-state index contributed by atoms with van der Waals surface area (Å²) in [4.78, 5) is 12.8. The number of nitriles is 1. The van der Waals surface area contributed by atoms with Crippen molar-refractivity contribution in [2.45, 2.75) is 13.5 Å². The smallest absolute Gasteiger partial charge is 0.266 e. The number of halogens is 2. The van der Waals surface area contributed by atoms with Gasteiger partial charge in [0, 0.05) is 37.9 Å². The molecule has 0 aliphatic carbocycles. The van der Waals surface area contributed by atoms with E-state index in [1.165, 1.54) is 6.07 Å². The third-order valence-electron chi connectivity index (χ3n) is 5.30. The standard InChI is InChI=1S/C26H19BrFN3O/c1-17-23(13-19(15-29)26(32)30-21-9-6-8-20(27)14-21)22-10-3-5-12-25(22)31(17)16-18-7-2-4-11-24(18)28/h2-14H,16H2,1H3,(H,30,32)/b19-13-. The van der Waals surface area contributed by atoms with Gasteiger partial charge < -0.3 is 9.88 Å². The summed E-state index contributed by atoms with van der Waals surface area (Å²) in [5.41, 5.74) is 3.66. The Morgan fingerprint density at radius 2 is 1.88 bits per heavy atom. The molecule has 0 aliphatic rings. The maximum absolute atomic E-state index is 14.3. The van der Waals surface area contributed by atoms with Crippen LogP contribution >= 0.6 is 15.9 Å². The monoisotopic (exact) mass is 487 g/mol. The maximum Gasteiger partial charge on any atom is 0.266 e. The zero-order valence-electron chi connectivity index (χ0n) is 17.3. The van der Waals surface area contributed by atoms with Crippen LogP contribution in [0.2, 0.25) is 0 Å². The van der Waals surface area contributed by atoms with Crippen molar-refractivity contribution in [3.63, 3.8) is 0 Å². The lowest BCUT2D eigenvalue weighted by Gasteiger charge is -2.09. The van der Waals surface area contributed by atoms with Crippen molar-refractivity contribution in [1.82, 2.24) is 4.57 Å². The second-order valence-electron chi connectivity index (χ2n) is 7.33. The van der Waals surface area contributed by atoms with Crippen molar-refractivity contribution in [2.75, 3.05) is 5.32 Å². The fourth-order valence-corrected chi connectivity index (χ4v) is 4.10. The van der Waals surface area contributed by atoms with Crippen LogP contribution in [0.3, 0.4) is 0 Å². The van der Waals surface area contributed by atoms with Gasteiger partial charge in [0.15, 0.2) is 0 Å². The van der Waals surface area contributed by atoms with E-state index in [9.17, 15) is 14.4 Å². The largest absolute Gasteiger partial charge is 0.340 e. The van der Waals surface area contributed by atoms with Gasteiger partial charge in [0.1, 0.15) is 17.5 Å². The van der Waals surface area contributed by atoms with Gasteiger partial charge in [-0.25, -0.2) is 4.39 Å². The first-order valence-corrected chi connectivity index (χ1v) is 10.8. The molecule has 0 saturated heterocycles. The summed E-state index contributed by atoms with van der Waals surface area (Å²) in [5.74, 6) is -0.760. The Labute approximate surface area is 193 Å². The molecule has 0 radical (unpaired) electrons. The highest BCUT2D eigenvalue weighted by Crippen LogP contribution is 2.29. The molecule has 4 aromatic rings. The molecule has 3 aromatic carbocycles. The van der Waals surface area contributed by atoms with E-state index < -0.39 is 5.91 Å². The number of benzene rings is 3. The third-order valence-corrected chi connectivity index (χ3v) is 5.80. The lowest BCUT2D eigenvalue weighted by atomic mass is 10.1. The van der Waals surface area contributed by atoms with Gasteiger partial charge in [0.25, 0.3) is 5.91 Å². The van der Waals surface area contributed by atoms with Crippen LogP contribution in [0.25, 0.3) is 17.0 Å². The molecule has 0 saturated carbocycles. The summed E-state index contributed by atoms with van der Waals surface area (Å²) in [5, 5.41) is 13.3. The summed E-state index contributed by atoms with van der Waals surface area (Å²) >= 11 is 3.37. The minimum Gasteiger partial charge on any atom is -0.340 e. The molecule has 0 bridgehead atoms. The third kappa shape index (κ3) is 4.34. The fraction of sp³-hybridized carbons (Fsp3) is 0.0769. The van der Waals surface area contributed by atoms with E-state index in [4.69, 9.17) is 0 Å². The SMILES string of the molecule is Cc1c(/C=C(/C#N)C(=O)Nc2cccc(Br)c2)c2ccccc2n1Cc1ccccc1F. The number of hydrogen-bond acceptors (Lipinski definition) is 2. The molecule has 0 fully saturated rings. The molecule has 0 unspecified atom stereocenters. The van der Waals surface area contributed by atoms with Crippen LogP contribution in [0, 0.1) is 24.1 Å². The number of nitrogens with zero attached hydrogens (tertiary/aromatic N) is 2. The second kappa shape index (κ2) is 9.21. The van der Waals surface area contributed by atoms with Gasteiger partial charge in [-0.3, -0.25) is 4.79 Å². The van der Waals surface area contributed by atoms with Gasteiger partial charge in [0.2, 0.25) is 0 Å². The van der Waals surface area contributed by atoms with Crippen LogP contribution in [0.15, 0.2) is 82.8 Å². The number of carbonyl (C=O) groups is 1. The number of rotatable bonds is 5.